The van der Waals surface area contributed by atoms with Gasteiger partial charge in [0.25, 0.3) is 0 Å². The number of carbonyl (C=O) groups is 1. The summed E-state index contributed by atoms with van der Waals surface area (Å²) in [5.41, 5.74) is 2.67. The Hall–Kier alpha value is -1.64. The highest BCUT2D eigenvalue weighted by atomic mass is 16.1. The van der Waals surface area contributed by atoms with Gasteiger partial charge in [0.15, 0.2) is 6.29 Å². The molecule has 16 heavy (non-hydrogen) atoms. The van der Waals surface area contributed by atoms with Crippen LogP contribution in [0.2, 0.25) is 0 Å². The number of hydrogen-bond acceptors (Lipinski definition) is 2. The molecule has 0 saturated heterocycles. The van der Waals surface area contributed by atoms with Crippen molar-refractivity contribution in [1.82, 2.24) is 9.38 Å². The van der Waals surface area contributed by atoms with Gasteiger partial charge in [-0.1, -0.05) is 6.42 Å². The highest BCUT2D eigenvalue weighted by Crippen LogP contribution is 2.36. The Labute approximate surface area is 94.1 Å². The van der Waals surface area contributed by atoms with E-state index in [4.69, 9.17) is 0 Å². The standard InChI is InChI=1S/C13H14N2O/c1-9-12-11(8-16)6-3-7-15(12)13(14-9)10-4-2-5-10/h3,6-8,10H,2,4-5H2,1H3. The second-order valence-electron chi connectivity index (χ2n) is 4.48. The molecule has 0 aromatic carbocycles. The summed E-state index contributed by atoms with van der Waals surface area (Å²) in [6, 6.07) is 3.77. The van der Waals surface area contributed by atoms with Crippen LogP contribution in [0, 0.1) is 6.92 Å². The van der Waals surface area contributed by atoms with Gasteiger partial charge in [0, 0.05) is 17.7 Å². The van der Waals surface area contributed by atoms with Crippen LogP contribution >= 0.6 is 0 Å². The smallest absolute Gasteiger partial charge is 0.152 e. The van der Waals surface area contributed by atoms with Crippen LogP contribution in [0.1, 0.15) is 47.1 Å². The van der Waals surface area contributed by atoms with Crippen molar-refractivity contribution in [3.05, 3.63) is 35.4 Å². The van der Waals surface area contributed by atoms with Gasteiger partial charge >= 0.3 is 0 Å². The van der Waals surface area contributed by atoms with Gasteiger partial charge in [0.1, 0.15) is 5.82 Å². The predicted octanol–water partition coefficient (Wildman–Crippen LogP) is 2.72. The SMILES string of the molecule is Cc1nc(C2CCC2)n2cccc(C=O)c12. The number of aryl methyl sites for hydroxylation is 1. The molecule has 0 bridgehead atoms. The van der Waals surface area contributed by atoms with Crippen LogP contribution in [0.4, 0.5) is 0 Å². The molecule has 2 aromatic heterocycles. The Kier molecular flexibility index (Phi) is 2.06. The predicted molar refractivity (Wildman–Crippen MR) is 61.9 cm³/mol. The fourth-order valence-corrected chi connectivity index (χ4v) is 2.43. The van der Waals surface area contributed by atoms with Crippen molar-refractivity contribution < 1.29 is 4.79 Å². The van der Waals surface area contributed by atoms with E-state index in [1.165, 1.54) is 19.3 Å². The van der Waals surface area contributed by atoms with Crippen molar-refractivity contribution in [3.8, 4) is 0 Å². The van der Waals surface area contributed by atoms with Crippen molar-refractivity contribution >= 4 is 11.8 Å². The lowest BCUT2D eigenvalue weighted by Crippen LogP contribution is -2.12. The van der Waals surface area contributed by atoms with Crippen molar-refractivity contribution in [2.45, 2.75) is 32.1 Å². The molecule has 2 heterocycles. The number of fused-ring (bicyclic) bond motifs is 1. The highest BCUT2D eigenvalue weighted by Gasteiger charge is 2.25. The molecule has 1 saturated carbocycles. The van der Waals surface area contributed by atoms with E-state index in [-0.39, 0.29) is 0 Å². The van der Waals surface area contributed by atoms with Gasteiger partial charge in [-0.05, 0) is 31.9 Å². The van der Waals surface area contributed by atoms with Crippen LogP contribution in [0.5, 0.6) is 0 Å². The Morgan fingerprint density at radius 3 is 2.94 bits per heavy atom. The average Bonchev–Trinajstić information content (AvgIpc) is 2.54. The molecule has 2 aromatic rings. The molecule has 0 radical (unpaired) electrons. The summed E-state index contributed by atoms with van der Waals surface area (Å²) in [6.45, 7) is 1.98. The first kappa shape index (κ1) is 9.58. The minimum atomic E-state index is 0.586. The minimum Gasteiger partial charge on any atom is -0.303 e. The van der Waals surface area contributed by atoms with Gasteiger partial charge in [-0.2, -0.15) is 0 Å². The molecule has 0 atom stereocenters. The zero-order chi connectivity index (χ0) is 11.1. The second kappa shape index (κ2) is 3.44. The molecule has 3 rings (SSSR count). The van der Waals surface area contributed by atoms with E-state index < -0.39 is 0 Å². The lowest BCUT2D eigenvalue weighted by molar-refractivity contribution is 0.112. The van der Waals surface area contributed by atoms with Gasteiger partial charge in [0.05, 0.1) is 11.2 Å². The summed E-state index contributed by atoms with van der Waals surface area (Å²) in [5.74, 6) is 1.71. The van der Waals surface area contributed by atoms with Crippen LogP contribution in [-0.2, 0) is 0 Å². The average molecular weight is 214 g/mol. The number of carbonyl (C=O) groups excluding carboxylic acids is 1. The molecule has 1 aliphatic rings. The van der Waals surface area contributed by atoms with E-state index in [0.717, 1.165) is 28.9 Å². The van der Waals surface area contributed by atoms with E-state index in [2.05, 4.69) is 9.38 Å². The van der Waals surface area contributed by atoms with Crippen LogP contribution in [0.25, 0.3) is 5.52 Å². The summed E-state index contributed by atoms with van der Waals surface area (Å²) < 4.78 is 2.09. The molecule has 0 unspecified atom stereocenters. The second-order valence-corrected chi connectivity index (χ2v) is 4.48. The van der Waals surface area contributed by atoms with Crippen LogP contribution in [-0.4, -0.2) is 15.7 Å². The summed E-state index contributed by atoms with van der Waals surface area (Å²) in [7, 11) is 0. The van der Waals surface area contributed by atoms with Crippen molar-refractivity contribution in [2.75, 3.05) is 0 Å². The van der Waals surface area contributed by atoms with E-state index in [1.54, 1.807) is 0 Å². The van der Waals surface area contributed by atoms with Gasteiger partial charge in [-0.25, -0.2) is 4.98 Å². The van der Waals surface area contributed by atoms with E-state index in [1.807, 2.05) is 25.3 Å². The topological polar surface area (TPSA) is 34.4 Å². The quantitative estimate of drug-likeness (QED) is 0.720. The molecule has 0 aliphatic heterocycles. The maximum Gasteiger partial charge on any atom is 0.152 e. The third-order valence-electron chi connectivity index (χ3n) is 3.49. The van der Waals surface area contributed by atoms with Gasteiger partial charge in [-0.3, -0.25) is 4.79 Å². The van der Waals surface area contributed by atoms with Gasteiger partial charge < -0.3 is 4.40 Å². The van der Waals surface area contributed by atoms with E-state index in [9.17, 15) is 4.79 Å². The maximum absolute atomic E-state index is 11.0. The molecular weight excluding hydrogens is 200 g/mol. The number of imidazole rings is 1. The lowest BCUT2D eigenvalue weighted by atomic mass is 9.85. The molecule has 1 fully saturated rings. The number of pyridine rings is 1. The number of hydrogen-bond donors (Lipinski definition) is 0. The number of aldehydes is 1. The number of nitrogens with zero attached hydrogens (tertiary/aromatic N) is 2. The van der Waals surface area contributed by atoms with Crippen molar-refractivity contribution in [2.24, 2.45) is 0 Å². The minimum absolute atomic E-state index is 0.586. The molecule has 3 heteroatoms. The van der Waals surface area contributed by atoms with Crippen LogP contribution < -0.4 is 0 Å². The summed E-state index contributed by atoms with van der Waals surface area (Å²) in [5, 5.41) is 0. The first-order chi connectivity index (χ1) is 7.81. The van der Waals surface area contributed by atoms with Crippen molar-refractivity contribution in [1.29, 1.82) is 0 Å². The highest BCUT2D eigenvalue weighted by molar-refractivity contribution is 5.87. The Morgan fingerprint density at radius 1 is 1.50 bits per heavy atom. The van der Waals surface area contributed by atoms with Crippen LogP contribution in [0.3, 0.4) is 0 Å². The third-order valence-corrected chi connectivity index (χ3v) is 3.49. The molecule has 3 nitrogen and oxygen atoms in total. The summed E-state index contributed by atoms with van der Waals surface area (Å²) in [4.78, 5) is 15.6. The zero-order valence-corrected chi connectivity index (χ0v) is 9.31. The number of aromatic nitrogens is 2. The van der Waals surface area contributed by atoms with E-state index >= 15 is 0 Å². The normalized spacial score (nSPS) is 16.3. The maximum atomic E-state index is 11.0. The third kappa shape index (κ3) is 1.21. The Morgan fingerprint density at radius 2 is 2.31 bits per heavy atom. The first-order valence-electron chi connectivity index (χ1n) is 5.74. The molecular formula is C13H14N2O. The first-order valence-corrected chi connectivity index (χ1v) is 5.74. The van der Waals surface area contributed by atoms with E-state index in [0.29, 0.717) is 5.92 Å². The Bertz CT molecular complexity index is 552. The monoisotopic (exact) mass is 214 g/mol. The van der Waals surface area contributed by atoms with Gasteiger partial charge in [0.2, 0.25) is 0 Å². The Balaban J connectivity index is 2.28. The lowest BCUT2D eigenvalue weighted by Gasteiger charge is -2.23. The number of rotatable bonds is 2. The largest absolute Gasteiger partial charge is 0.303 e. The zero-order valence-electron chi connectivity index (χ0n) is 9.31. The van der Waals surface area contributed by atoms with Crippen molar-refractivity contribution in [3.63, 3.8) is 0 Å². The summed E-state index contributed by atoms with van der Waals surface area (Å²) in [6.07, 6.45) is 6.67. The fourth-order valence-electron chi connectivity index (χ4n) is 2.43. The molecule has 0 amide bonds. The molecule has 82 valence electrons. The molecule has 0 spiro atoms. The summed E-state index contributed by atoms with van der Waals surface area (Å²) >= 11 is 0. The van der Waals surface area contributed by atoms with Gasteiger partial charge in [-0.15, -0.1) is 0 Å². The van der Waals surface area contributed by atoms with Crippen LogP contribution in [0.15, 0.2) is 18.3 Å². The molecule has 1 aliphatic carbocycles. The molecule has 0 N–H and O–H groups in total. The fraction of sp³-hybridized carbons (Fsp3) is 0.385.